The summed E-state index contributed by atoms with van der Waals surface area (Å²) >= 11 is 0. The fraction of sp³-hybridized carbons (Fsp3) is 1.00. The summed E-state index contributed by atoms with van der Waals surface area (Å²) < 4.78 is 5.48. The minimum absolute atomic E-state index is 0.798. The van der Waals surface area contributed by atoms with Gasteiger partial charge < -0.3 is 10.1 Å². The van der Waals surface area contributed by atoms with Crippen molar-refractivity contribution in [2.75, 3.05) is 26.8 Å². The molecular weight excluding hydrogens is 162 g/mol. The maximum absolute atomic E-state index is 5.48. The van der Waals surface area contributed by atoms with Crippen LogP contribution in [0.1, 0.15) is 39.5 Å². The third-order valence-corrected chi connectivity index (χ3v) is 2.21. The molecular formula is C11H25NO. The van der Waals surface area contributed by atoms with Crippen molar-refractivity contribution in [2.24, 2.45) is 5.92 Å². The van der Waals surface area contributed by atoms with E-state index in [-0.39, 0.29) is 0 Å². The van der Waals surface area contributed by atoms with Gasteiger partial charge in [-0.1, -0.05) is 20.3 Å². The van der Waals surface area contributed by atoms with Crippen molar-refractivity contribution in [1.29, 1.82) is 0 Å². The number of rotatable bonds is 9. The second kappa shape index (κ2) is 10.0. The van der Waals surface area contributed by atoms with E-state index in [0.717, 1.165) is 32.1 Å². The Morgan fingerprint density at radius 1 is 1.08 bits per heavy atom. The Balaban J connectivity index is 3.33. The topological polar surface area (TPSA) is 21.3 Å². The summed E-state index contributed by atoms with van der Waals surface area (Å²) in [6.45, 7) is 7.37. The first-order valence-electron chi connectivity index (χ1n) is 5.57. The standard InChI is InChI=1S/C11H25NO/c1-4-6-11(10-12-3)7-9-13-8-5-2/h11-12H,4-10H2,1-3H3. The molecule has 0 rings (SSSR count). The molecule has 0 aromatic rings. The number of ether oxygens (including phenoxy) is 1. The van der Waals surface area contributed by atoms with Gasteiger partial charge in [-0.05, 0) is 38.8 Å². The highest BCUT2D eigenvalue weighted by Gasteiger charge is 2.05. The Labute approximate surface area is 83.1 Å². The van der Waals surface area contributed by atoms with Crippen molar-refractivity contribution in [2.45, 2.75) is 39.5 Å². The molecule has 80 valence electrons. The highest BCUT2D eigenvalue weighted by molar-refractivity contribution is 4.60. The largest absolute Gasteiger partial charge is 0.381 e. The minimum Gasteiger partial charge on any atom is -0.381 e. The van der Waals surface area contributed by atoms with Crippen LogP contribution in [0.5, 0.6) is 0 Å². The molecule has 0 saturated heterocycles. The average Bonchev–Trinajstić information content (AvgIpc) is 2.13. The molecule has 0 aromatic carbocycles. The lowest BCUT2D eigenvalue weighted by atomic mass is 10.0. The highest BCUT2D eigenvalue weighted by Crippen LogP contribution is 2.09. The summed E-state index contributed by atoms with van der Waals surface area (Å²) in [5.74, 6) is 0.798. The van der Waals surface area contributed by atoms with Crippen molar-refractivity contribution >= 4 is 0 Å². The smallest absolute Gasteiger partial charge is 0.0469 e. The third-order valence-electron chi connectivity index (χ3n) is 2.21. The van der Waals surface area contributed by atoms with Gasteiger partial charge >= 0.3 is 0 Å². The van der Waals surface area contributed by atoms with E-state index in [2.05, 4.69) is 19.2 Å². The van der Waals surface area contributed by atoms with Crippen molar-refractivity contribution < 1.29 is 4.74 Å². The zero-order chi connectivity index (χ0) is 9.94. The molecule has 0 spiro atoms. The molecule has 0 aliphatic heterocycles. The predicted molar refractivity (Wildman–Crippen MR) is 58.1 cm³/mol. The van der Waals surface area contributed by atoms with E-state index in [1.54, 1.807) is 0 Å². The number of hydrogen-bond donors (Lipinski definition) is 1. The van der Waals surface area contributed by atoms with E-state index in [9.17, 15) is 0 Å². The highest BCUT2D eigenvalue weighted by atomic mass is 16.5. The lowest BCUT2D eigenvalue weighted by Gasteiger charge is -2.15. The molecule has 1 unspecified atom stereocenters. The van der Waals surface area contributed by atoms with Gasteiger partial charge in [-0.3, -0.25) is 0 Å². The van der Waals surface area contributed by atoms with Gasteiger partial charge in [-0.25, -0.2) is 0 Å². The Hall–Kier alpha value is -0.0800. The van der Waals surface area contributed by atoms with E-state index in [4.69, 9.17) is 4.74 Å². The van der Waals surface area contributed by atoms with E-state index in [1.807, 2.05) is 7.05 Å². The monoisotopic (exact) mass is 187 g/mol. The van der Waals surface area contributed by atoms with Gasteiger partial charge in [-0.15, -0.1) is 0 Å². The van der Waals surface area contributed by atoms with E-state index in [1.165, 1.54) is 19.3 Å². The van der Waals surface area contributed by atoms with Crippen LogP contribution in [0.15, 0.2) is 0 Å². The first kappa shape index (κ1) is 12.9. The van der Waals surface area contributed by atoms with Crippen LogP contribution in [0.25, 0.3) is 0 Å². The van der Waals surface area contributed by atoms with Crippen LogP contribution in [0.3, 0.4) is 0 Å². The molecule has 2 heteroatoms. The number of hydrogen-bond acceptors (Lipinski definition) is 2. The predicted octanol–water partition coefficient (Wildman–Crippen LogP) is 2.44. The van der Waals surface area contributed by atoms with Gasteiger partial charge in [0.25, 0.3) is 0 Å². The molecule has 0 bridgehead atoms. The molecule has 0 aliphatic rings. The molecule has 0 aromatic heterocycles. The van der Waals surface area contributed by atoms with Gasteiger partial charge in [0.1, 0.15) is 0 Å². The summed E-state index contributed by atoms with van der Waals surface area (Å²) in [5.41, 5.74) is 0. The van der Waals surface area contributed by atoms with Crippen LogP contribution in [-0.4, -0.2) is 26.8 Å². The molecule has 0 heterocycles. The molecule has 1 N–H and O–H groups in total. The molecule has 1 atom stereocenters. The fourth-order valence-corrected chi connectivity index (χ4v) is 1.54. The molecule has 13 heavy (non-hydrogen) atoms. The van der Waals surface area contributed by atoms with Crippen LogP contribution in [0.2, 0.25) is 0 Å². The zero-order valence-corrected chi connectivity index (χ0v) is 9.44. The molecule has 0 fully saturated rings. The summed E-state index contributed by atoms with van der Waals surface area (Å²) in [5, 5.41) is 3.24. The first-order chi connectivity index (χ1) is 6.35. The summed E-state index contributed by atoms with van der Waals surface area (Å²) in [6, 6.07) is 0. The van der Waals surface area contributed by atoms with Gasteiger partial charge in [0.05, 0.1) is 0 Å². The fourth-order valence-electron chi connectivity index (χ4n) is 1.54. The minimum atomic E-state index is 0.798. The first-order valence-corrected chi connectivity index (χ1v) is 5.57. The Bertz CT molecular complexity index is 90.1. The van der Waals surface area contributed by atoms with Crippen LogP contribution >= 0.6 is 0 Å². The summed E-state index contributed by atoms with van der Waals surface area (Å²) in [6.07, 6.45) is 4.93. The van der Waals surface area contributed by atoms with Gasteiger partial charge in [0, 0.05) is 13.2 Å². The molecule has 0 aliphatic carbocycles. The van der Waals surface area contributed by atoms with E-state index in [0.29, 0.717) is 0 Å². The number of nitrogens with one attached hydrogen (secondary N) is 1. The van der Waals surface area contributed by atoms with Crippen LogP contribution in [0.4, 0.5) is 0 Å². The third kappa shape index (κ3) is 8.26. The van der Waals surface area contributed by atoms with Crippen LogP contribution in [0, 0.1) is 5.92 Å². The normalized spacial score (nSPS) is 13.2. The van der Waals surface area contributed by atoms with Crippen molar-refractivity contribution in [3.63, 3.8) is 0 Å². The molecule has 0 saturated carbocycles. The lowest BCUT2D eigenvalue weighted by Crippen LogP contribution is -2.20. The average molecular weight is 187 g/mol. The zero-order valence-electron chi connectivity index (χ0n) is 9.44. The second-order valence-corrected chi connectivity index (χ2v) is 3.61. The summed E-state index contributed by atoms with van der Waals surface area (Å²) in [7, 11) is 2.02. The molecule has 0 amide bonds. The van der Waals surface area contributed by atoms with E-state index < -0.39 is 0 Å². The maximum Gasteiger partial charge on any atom is 0.0469 e. The Morgan fingerprint density at radius 3 is 2.38 bits per heavy atom. The van der Waals surface area contributed by atoms with Crippen molar-refractivity contribution in [3.8, 4) is 0 Å². The van der Waals surface area contributed by atoms with Crippen LogP contribution < -0.4 is 5.32 Å². The van der Waals surface area contributed by atoms with Crippen molar-refractivity contribution in [3.05, 3.63) is 0 Å². The van der Waals surface area contributed by atoms with Crippen molar-refractivity contribution in [1.82, 2.24) is 5.32 Å². The van der Waals surface area contributed by atoms with Gasteiger partial charge in [0.2, 0.25) is 0 Å². The Kier molecular flexibility index (Phi) is 9.94. The molecule has 2 nitrogen and oxygen atoms in total. The second-order valence-electron chi connectivity index (χ2n) is 3.61. The Morgan fingerprint density at radius 2 is 1.85 bits per heavy atom. The molecule has 0 radical (unpaired) electrons. The van der Waals surface area contributed by atoms with Gasteiger partial charge in [-0.2, -0.15) is 0 Å². The van der Waals surface area contributed by atoms with Gasteiger partial charge in [0.15, 0.2) is 0 Å². The quantitative estimate of drug-likeness (QED) is 0.560. The maximum atomic E-state index is 5.48. The van der Waals surface area contributed by atoms with Crippen LogP contribution in [-0.2, 0) is 4.74 Å². The SMILES string of the molecule is CCCOCCC(CCC)CNC. The van der Waals surface area contributed by atoms with E-state index >= 15 is 0 Å². The summed E-state index contributed by atoms with van der Waals surface area (Å²) in [4.78, 5) is 0. The lowest BCUT2D eigenvalue weighted by molar-refractivity contribution is 0.119.